The Hall–Kier alpha value is -2.69. The molecule has 0 atom stereocenters. The fraction of sp³-hybridized carbons (Fsp3) is 0.235. The number of carbonyl (C=O) groups is 1. The van der Waals surface area contributed by atoms with Crippen molar-refractivity contribution in [2.75, 3.05) is 5.32 Å². The lowest BCUT2D eigenvalue weighted by atomic mass is 10.1. The average Bonchev–Trinajstić information content (AvgIpc) is 2.93. The van der Waals surface area contributed by atoms with Gasteiger partial charge in [0.25, 0.3) is 0 Å². The number of anilines is 1. The van der Waals surface area contributed by atoms with Crippen LogP contribution in [0, 0.1) is 6.92 Å². The summed E-state index contributed by atoms with van der Waals surface area (Å²) in [6, 6.07) is 9.33. The summed E-state index contributed by atoms with van der Waals surface area (Å²) in [5.74, 6) is 0.528. The molecule has 112 valence electrons. The van der Waals surface area contributed by atoms with Crippen LogP contribution in [0.25, 0.3) is 22.7 Å². The highest BCUT2D eigenvalue weighted by Crippen LogP contribution is 2.30. The van der Waals surface area contributed by atoms with Crippen LogP contribution >= 0.6 is 0 Å². The highest BCUT2D eigenvalue weighted by molar-refractivity contribution is 5.92. The summed E-state index contributed by atoms with van der Waals surface area (Å²) in [6.45, 7) is 3.92. The molecule has 0 aliphatic carbocycles. The normalized spacial score (nSPS) is 10.8. The highest BCUT2D eigenvalue weighted by Gasteiger charge is 2.14. The number of fused-ring (bicyclic) bond motifs is 1. The third-order valence-electron chi connectivity index (χ3n) is 3.48. The van der Waals surface area contributed by atoms with Gasteiger partial charge >= 0.3 is 0 Å². The molecule has 0 spiro atoms. The zero-order chi connectivity index (χ0) is 15.5. The Balaban J connectivity index is 1.98. The molecule has 0 bridgehead atoms. The van der Waals surface area contributed by atoms with E-state index in [-0.39, 0.29) is 5.91 Å². The number of rotatable bonds is 4. The molecule has 5 heteroatoms. The number of hydrogen-bond donors (Lipinski definition) is 1. The Morgan fingerprint density at radius 1 is 1.27 bits per heavy atom. The van der Waals surface area contributed by atoms with Crippen molar-refractivity contribution in [3.8, 4) is 11.5 Å². The minimum atomic E-state index is 0.0157. The Morgan fingerprint density at radius 2 is 2.14 bits per heavy atom. The summed E-state index contributed by atoms with van der Waals surface area (Å²) in [4.78, 5) is 20.4. The number of oxazole rings is 1. The van der Waals surface area contributed by atoms with Gasteiger partial charge in [-0.25, -0.2) is 4.98 Å². The molecular formula is C17H17N3O2. The third kappa shape index (κ3) is 2.70. The van der Waals surface area contributed by atoms with E-state index in [0.717, 1.165) is 23.2 Å². The summed E-state index contributed by atoms with van der Waals surface area (Å²) in [5.41, 5.74) is 3.80. The molecule has 1 aromatic carbocycles. The zero-order valence-corrected chi connectivity index (χ0v) is 12.6. The molecule has 22 heavy (non-hydrogen) atoms. The largest absolute Gasteiger partial charge is 0.434 e. The first-order valence-corrected chi connectivity index (χ1v) is 7.30. The molecule has 0 unspecified atom stereocenters. The predicted molar refractivity (Wildman–Crippen MR) is 85.5 cm³/mol. The first-order valence-electron chi connectivity index (χ1n) is 7.30. The lowest BCUT2D eigenvalue weighted by Crippen LogP contribution is -2.11. The minimum absolute atomic E-state index is 0.0157. The molecule has 1 amide bonds. The first kappa shape index (κ1) is 14.3. The maximum absolute atomic E-state index is 11.8. The van der Waals surface area contributed by atoms with E-state index in [1.54, 1.807) is 6.20 Å². The maximum atomic E-state index is 11.8. The van der Waals surface area contributed by atoms with Crippen molar-refractivity contribution >= 4 is 22.8 Å². The second-order valence-corrected chi connectivity index (χ2v) is 5.12. The molecule has 0 saturated carbocycles. The van der Waals surface area contributed by atoms with Crippen molar-refractivity contribution in [1.82, 2.24) is 9.97 Å². The van der Waals surface area contributed by atoms with Crippen molar-refractivity contribution < 1.29 is 9.21 Å². The number of nitrogens with one attached hydrogen (secondary N) is 1. The molecule has 0 radical (unpaired) electrons. The maximum Gasteiger partial charge on any atom is 0.229 e. The topological polar surface area (TPSA) is 68.0 Å². The number of benzene rings is 1. The van der Waals surface area contributed by atoms with Crippen LogP contribution in [0.2, 0.25) is 0 Å². The van der Waals surface area contributed by atoms with Gasteiger partial charge in [-0.05, 0) is 43.2 Å². The molecule has 0 saturated heterocycles. The minimum Gasteiger partial charge on any atom is -0.434 e. The van der Waals surface area contributed by atoms with Crippen LogP contribution in [0.4, 0.5) is 5.69 Å². The van der Waals surface area contributed by atoms with E-state index in [4.69, 9.17) is 4.42 Å². The van der Waals surface area contributed by atoms with Crippen molar-refractivity contribution in [1.29, 1.82) is 0 Å². The van der Waals surface area contributed by atoms with E-state index in [0.29, 0.717) is 23.5 Å². The summed E-state index contributed by atoms with van der Waals surface area (Å²) in [6.07, 6.45) is 3.01. The second-order valence-electron chi connectivity index (χ2n) is 5.12. The fourth-order valence-corrected chi connectivity index (χ4v) is 2.33. The van der Waals surface area contributed by atoms with Gasteiger partial charge in [0.15, 0.2) is 11.2 Å². The number of hydrogen-bond acceptors (Lipinski definition) is 4. The predicted octanol–water partition coefficient (Wildman–Crippen LogP) is 3.94. The van der Waals surface area contributed by atoms with Gasteiger partial charge in [-0.2, -0.15) is 4.98 Å². The van der Waals surface area contributed by atoms with Crippen molar-refractivity contribution in [3.05, 3.63) is 42.1 Å². The van der Waals surface area contributed by atoms with Gasteiger partial charge in [-0.3, -0.25) is 4.79 Å². The van der Waals surface area contributed by atoms with Gasteiger partial charge in [0.05, 0.1) is 0 Å². The molecule has 2 aromatic heterocycles. The van der Waals surface area contributed by atoms with E-state index in [1.807, 2.05) is 44.2 Å². The van der Waals surface area contributed by atoms with Crippen molar-refractivity contribution in [3.63, 3.8) is 0 Å². The quantitative estimate of drug-likeness (QED) is 0.791. The smallest absolute Gasteiger partial charge is 0.229 e. The van der Waals surface area contributed by atoms with E-state index in [2.05, 4.69) is 15.3 Å². The van der Waals surface area contributed by atoms with E-state index < -0.39 is 0 Å². The van der Waals surface area contributed by atoms with Gasteiger partial charge in [0.2, 0.25) is 11.8 Å². The van der Waals surface area contributed by atoms with Crippen LogP contribution in [0.15, 0.2) is 40.9 Å². The van der Waals surface area contributed by atoms with Crippen LogP contribution in [0.5, 0.6) is 0 Å². The first-order chi connectivity index (χ1) is 10.7. The van der Waals surface area contributed by atoms with Gasteiger partial charge in [-0.1, -0.05) is 13.0 Å². The number of pyridine rings is 1. The fourth-order valence-electron chi connectivity index (χ4n) is 2.33. The van der Waals surface area contributed by atoms with Gasteiger partial charge in [0.1, 0.15) is 0 Å². The molecule has 0 aliphatic heterocycles. The summed E-state index contributed by atoms with van der Waals surface area (Å²) >= 11 is 0. The number of aromatic nitrogens is 2. The standard InChI is InChI=1S/C17H17N3O2/c1-3-6-15(21)19-13-8-4-7-12(11(13)2)17-20-16-14(22-17)9-5-10-18-16/h4-5,7-10H,3,6H2,1-2H3,(H,19,21). The van der Waals surface area contributed by atoms with Crippen LogP contribution in [0.3, 0.4) is 0 Å². The van der Waals surface area contributed by atoms with Crippen LogP contribution in [0.1, 0.15) is 25.3 Å². The molecule has 2 heterocycles. The second kappa shape index (κ2) is 5.97. The van der Waals surface area contributed by atoms with E-state index >= 15 is 0 Å². The van der Waals surface area contributed by atoms with Crippen molar-refractivity contribution in [2.24, 2.45) is 0 Å². The molecule has 3 aromatic rings. The Morgan fingerprint density at radius 3 is 2.91 bits per heavy atom. The molecule has 1 N–H and O–H groups in total. The molecular weight excluding hydrogens is 278 g/mol. The zero-order valence-electron chi connectivity index (χ0n) is 12.6. The number of nitrogens with zero attached hydrogens (tertiary/aromatic N) is 2. The SMILES string of the molecule is CCCC(=O)Nc1cccc(-c2nc3ncccc3o2)c1C. The van der Waals surface area contributed by atoms with Crippen LogP contribution in [-0.4, -0.2) is 15.9 Å². The Bertz CT molecular complexity index is 791. The highest BCUT2D eigenvalue weighted by atomic mass is 16.3. The Labute approximate surface area is 128 Å². The van der Waals surface area contributed by atoms with Crippen molar-refractivity contribution in [2.45, 2.75) is 26.7 Å². The molecule has 3 rings (SSSR count). The van der Waals surface area contributed by atoms with Gasteiger partial charge < -0.3 is 9.73 Å². The monoisotopic (exact) mass is 295 g/mol. The third-order valence-corrected chi connectivity index (χ3v) is 3.48. The summed E-state index contributed by atoms with van der Waals surface area (Å²) < 4.78 is 5.76. The number of carbonyl (C=O) groups excluding carboxylic acids is 1. The molecule has 0 aliphatic rings. The molecule has 0 fully saturated rings. The molecule has 5 nitrogen and oxygen atoms in total. The van der Waals surface area contributed by atoms with Gasteiger partial charge in [0, 0.05) is 23.9 Å². The van der Waals surface area contributed by atoms with Crippen LogP contribution in [-0.2, 0) is 4.79 Å². The lowest BCUT2D eigenvalue weighted by molar-refractivity contribution is -0.116. The summed E-state index contributed by atoms with van der Waals surface area (Å²) in [7, 11) is 0. The van der Waals surface area contributed by atoms with E-state index in [1.165, 1.54) is 0 Å². The Kier molecular flexibility index (Phi) is 3.87. The average molecular weight is 295 g/mol. The van der Waals surface area contributed by atoms with E-state index in [9.17, 15) is 4.79 Å². The lowest BCUT2D eigenvalue weighted by Gasteiger charge is -2.10. The summed E-state index contributed by atoms with van der Waals surface area (Å²) in [5, 5.41) is 2.93. The van der Waals surface area contributed by atoms with Crippen LogP contribution < -0.4 is 5.32 Å². The number of amides is 1. The van der Waals surface area contributed by atoms with Gasteiger partial charge in [-0.15, -0.1) is 0 Å².